The monoisotopic (exact) mass is 375 g/mol. The van der Waals surface area contributed by atoms with Gasteiger partial charge in [0.1, 0.15) is 0 Å². The molecule has 0 fully saturated rings. The average Bonchev–Trinajstić information content (AvgIpc) is 2.64. The lowest BCUT2D eigenvalue weighted by atomic mass is 9.99. The Kier molecular flexibility index (Phi) is 29.0. The summed E-state index contributed by atoms with van der Waals surface area (Å²) >= 11 is 0. The van der Waals surface area contributed by atoms with Gasteiger partial charge in [-0.15, -0.1) is 0 Å². The summed E-state index contributed by atoms with van der Waals surface area (Å²) in [7, 11) is 1.80. The zero-order valence-corrected chi connectivity index (χ0v) is 19.8. The first-order valence-corrected chi connectivity index (χ1v) is 9.62. The van der Waals surface area contributed by atoms with E-state index in [9.17, 15) is 0 Å². The normalized spacial score (nSPS) is 9.63. The number of aliphatic imine (C=N–C) groups is 2. The van der Waals surface area contributed by atoms with Crippen LogP contribution in [0.4, 0.5) is 5.69 Å². The summed E-state index contributed by atoms with van der Waals surface area (Å²) in [6, 6.07) is 7.93. The topological polar surface area (TPSA) is 48.6 Å². The van der Waals surface area contributed by atoms with Crippen LogP contribution in [0.2, 0.25) is 0 Å². The van der Waals surface area contributed by atoms with Gasteiger partial charge < -0.3 is 10.4 Å². The molecule has 0 aliphatic heterocycles. The van der Waals surface area contributed by atoms with Gasteiger partial charge in [0, 0.05) is 13.3 Å². The summed E-state index contributed by atoms with van der Waals surface area (Å²) in [5.41, 5.74) is 2.44. The van der Waals surface area contributed by atoms with Gasteiger partial charge in [0.2, 0.25) is 0 Å². The Labute approximate surface area is 170 Å². The van der Waals surface area contributed by atoms with Gasteiger partial charge in [-0.25, -0.2) is 0 Å². The number of benzene rings is 1. The fraction of sp³-hybridized carbons (Fsp3) is 0.542. The van der Waals surface area contributed by atoms with E-state index in [0.717, 1.165) is 5.69 Å². The Morgan fingerprint density at radius 2 is 1.37 bits per heavy atom. The Hall–Kier alpha value is -2.03. The molecule has 0 aromatic heterocycles. The second kappa shape index (κ2) is 24.0. The van der Waals surface area contributed by atoms with Crippen molar-refractivity contribution in [3.8, 4) is 0 Å². The summed E-state index contributed by atoms with van der Waals surface area (Å²) in [4.78, 5) is 7.64. The van der Waals surface area contributed by atoms with E-state index in [1.807, 2.05) is 91.1 Å². The molecule has 1 rings (SSSR count). The Morgan fingerprint density at radius 1 is 1.00 bits per heavy atom. The molecule has 0 saturated carbocycles. The van der Waals surface area contributed by atoms with Crippen molar-refractivity contribution >= 4 is 24.8 Å². The van der Waals surface area contributed by atoms with E-state index in [-0.39, 0.29) is 5.41 Å². The third-order valence-corrected chi connectivity index (χ3v) is 2.40. The van der Waals surface area contributed by atoms with E-state index < -0.39 is 0 Å². The maximum Gasteiger partial charge on any atom is 0.0622 e. The molecule has 1 N–H and O–H groups in total. The first-order valence-electron chi connectivity index (χ1n) is 9.62. The van der Waals surface area contributed by atoms with Crippen LogP contribution in [0.25, 0.3) is 0 Å². The van der Waals surface area contributed by atoms with Gasteiger partial charge in [0.15, 0.2) is 0 Å². The number of rotatable bonds is 2. The van der Waals surface area contributed by atoms with Gasteiger partial charge >= 0.3 is 0 Å². The van der Waals surface area contributed by atoms with Crippen LogP contribution in [0.1, 0.15) is 67.9 Å². The lowest BCUT2D eigenvalue weighted by molar-refractivity contribution is 0.606. The molecule has 0 atom stereocenters. The largest absolute Gasteiger partial charge is 0.313 e. The van der Waals surface area contributed by atoms with Crippen molar-refractivity contribution in [2.45, 2.75) is 69.2 Å². The molecule has 0 spiro atoms. The number of hydrogen-bond donors (Lipinski definition) is 1. The van der Waals surface area contributed by atoms with E-state index in [1.54, 1.807) is 7.05 Å². The minimum atomic E-state index is 0.259. The molecule has 0 aliphatic rings. The smallest absolute Gasteiger partial charge is 0.0622 e. The summed E-state index contributed by atoms with van der Waals surface area (Å²) in [5, 5.41) is 6.53. The first-order chi connectivity index (χ1) is 12.6. The molecular weight excluding hydrogens is 330 g/mol. The molecule has 0 aliphatic carbocycles. The molecule has 0 amide bonds. The Morgan fingerprint density at radius 3 is 1.52 bits per heavy atom. The highest BCUT2D eigenvalue weighted by molar-refractivity contribution is 5.63. The maximum absolute atomic E-state index is 6.53. The third kappa shape index (κ3) is 40.2. The molecular formula is C24H45N3. The van der Waals surface area contributed by atoms with Crippen LogP contribution in [0.3, 0.4) is 0 Å². The van der Waals surface area contributed by atoms with Crippen molar-refractivity contribution < 1.29 is 0 Å². The van der Waals surface area contributed by atoms with Gasteiger partial charge in [0.05, 0.1) is 5.69 Å². The van der Waals surface area contributed by atoms with Gasteiger partial charge in [-0.05, 0) is 57.2 Å². The van der Waals surface area contributed by atoms with Crippen LogP contribution in [-0.2, 0) is 0 Å². The maximum atomic E-state index is 6.53. The summed E-state index contributed by atoms with van der Waals surface area (Å²) in [6.07, 6.45) is 7.35. The molecule has 1 aromatic rings. The van der Waals surface area contributed by atoms with Crippen LogP contribution >= 0.6 is 0 Å². The van der Waals surface area contributed by atoms with Crippen molar-refractivity contribution in [3.05, 3.63) is 42.0 Å². The standard InChI is InChI=1S/C8H9N.C6H13N.C4H9N.C4H8.C2H6/c1-7-3-5-8(9-2)6-4-7;1-6(2,3)5-7-4;1-4(2)3-5;1-3-4-2;1-2/h3-6H,2H2,1H3;5H,1-4H3;3-5H,1-2H3;3-4H,1-2H3;1-2H3/b;;;4-3-;. The molecule has 1 aromatic carbocycles. The summed E-state index contributed by atoms with van der Waals surface area (Å²) < 4.78 is 0. The molecule has 0 heterocycles. The molecule has 156 valence electrons. The first kappa shape index (κ1) is 32.6. The zero-order valence-electron chi connectivity index (χ0n) is 19.8. The van der Waals surface area contributed by atoms with Crippen molar-refractivity contribution in [3.63, 3.8) is 0 Å². The van der Waals surface area contributed by atoms with E-state index >= 15 is 0 Å². The molecule has 27 heavy (non-hydrogen) atoms. The minimum absolute atomic E-state index is 0.259. The molecule has 3 heteroatoms. The lowest BCUT2D eigenvalue weighted by Crippen LogP contribution is -2.05. The third-order valence-electron chi connectivity index (χ3n) is 2.40. The summed E-state index contributed by atoms with van der Waals surface area (Å²) in [6.45, 7) is 23.8. The Balaban J connectivity index is -0.000000133. The number of nitrogens with one attached hydrogen (secondary N) is 1. The van der Waals surface area contributed by atoms with Crippen LogP contribution in [0.5, 0.6) is 0 Å². The number of allylic oxidation sites excluding steroid dienone is 2. The lowest BCUT2D eigenvalue weighted by Gasteiger charge is -2.08. The quantitative estimate of drug-likeness (QED) is 0.402. The summed E-state index contributed by atoms with van der Waals surface area (Å²) in [5.74, 6) is 0.426. The number of aryl methyl sites for hydroxylation is 1. The molecule has 0 unspecified atom stereocenters. The minimum Gasteiger partial charge on any atom is -0.313 e. The SMILES string of the molecule is C/C=C\C.C=Nc1ccc(C)cc1.CC.CC(C)C=N.CN=CC(C)(C)C. The fourth-order valence-corrected chi connectivity index (χ4v) is 1.04. The number of nitrogens with zero attached hydrogens (tertiary/aromatic N) is 2. The van der Waals surface area contributed by atoms with Gasteiger partial charge in [-0.3, -0.25) is 4.99 Å². The van der Waals surface area contributed by atoms with Crippen LogP contribution < -0.4 is 0 Å². The Bertz CT molecular complexity index is 471. The molecule has 0 radical (unpaired) electrons. The average molecular weight is 376 g/mol. The molecule has 0 saturated heterocycles. The number of hydrogen-bond acceptors (Lipinski definition) is 3. The second-order valence-corrected chi connectivity index (χ2v) is 6.82. The van der Waals surface area contributed by atoms with Crippen molar-refractivity contribution in [2.75, 3.05) is 7.05 Å². The van der Waals surface area contributed by atoms with E-state index in [2.05, 4.69) is 37.5 Å². The van der Waals surface area contributed by atoms with Crippen molar-refractivity contribution in [1.82, 2.24) is 0 Å². The van der Waals surface area contributed by atoms with Crippen LogP contribution in [-0.4, -0.2) is 26.2 Å². The van der Waals surface area contributed by atoms with Crippen LogP contribution in [0.15, 0.2) is 46.4 Å². The van der Waals surface area contributed by atoms with Crippen molar-refractivity contribution in [2.24, 2.45) is 21.3 Å². The molecule has 0 bridgehead atoms. The second-order valence-electron chi connectivity index (χ2n) is 6.82. The van der Waals surface area contributed by atoms with Crippen molar-refractivity contribution in [1.29, 1.82) is 5.41 Å². The highest BCUT2D eigenvalue weighted by Gasteiger charge is 2.02. The van der Waals surface area contributed by atoms with E-state index in [1.165, 1.54) is 11.8 Å². The molecule has 3 nitrogen and oxygen atoms in total. The van der Waals surface area contributed by atoms with Gasteiger partial charge in [-0.1, -0.05) is 78.3 Å². The predicted octanol–water partition coefficient (Wildman–Crippen LogP) is 7.96. The highest BCUT2D eigenvalue weighted by atomic mass is 14.7. The van der Waals surface area contributed by atoms with Gasteiger partial charge in [-0.2, -0.15) is 0 Å². The highest BCUT2D eigenvalue weighted by Crippen LogP contribution is 2.10. The fourth-order valence-electron chi connectivity index (χ4n) is 1.04. The van der Waals surface area contributed by atoms with Gasteiger partial charge in [0.25, 0.3) is 0 Å². The van der Waals surface area contributed by atoms with E-state index in [0.29, 0.717) is 5.92 Å². The zero-order chi connectivity index (χ0) is 22.3. The predicted molar refractivity (Wildman–Crippen MR) is 130 cm³/mol. The van der Waals surface area contributed by atoms with Crippen LogP contribution in [0, 0.1) is 23.7 Å². The van der Waals surface area contributed by atoms with E-state index in [4.69, 9.17) is 5.41 Å².